The SMILES string of the molecule is CC1OC1CN1C(=O)c2cccc3cccc(c23)C1=O. The third-order valence-electron chi connectivity index (χ3n) is 4.05. The predicted molar refractivity (Wildman–Crippen MR) is 73.7 cm³/mol. The summed E-state index contributed by atoms with van der Waals surface area (Å²) in [6.45, 7) is 2.28. The Hall–Kier alpha value is -2.20. The van der Waals surface area contributed by atoms with Crippen molar-refractivity contribution < 1.29 is 14.3 Å². The molecule has 0 bridgehead atoms. The lowest BCUT2D eigenvalue weighted by molar-refractivity contribution is 0.0598. The number of rotatable bonds is 2. The van der Waals surface area contributed by atoms with E-state index in [-0.39, 0.29) is 24.0 Å². The van der Waals surface area contributed by atoms with Gasteiger partial charge in [0.05, 0.1) is 12.6 Å². The van der Waals surface area contributed by atoms with Gasteiger partial charge in [0, 0.05) is 16.5 Å². The monoisotopic (exact) mass is 267 g/mol. The molecule has 20 heavy (non-hydrogen) atoms. The Labute approximate surface area is 115 Å². The fourth-order valence-electron chi connectivity index (χ4n) is 2.85. The van der Waals surface area contributed by atoms with E-state index in [2.05, 4.69) is 0 Å². The van der Waals surface area contributed by atoms with Crippen molar-refractivity contribution in [3.8, 4) is 0 Å². The maximum Gasteiger partial charge on any atom is 0.261 e. The van der Waals surface area contributed by atoms with Gasteiger partial charge in [-0.2, -0.15) is 0 Å². The summed E-state index contributed by atoms with van der Waals surface area (Å²) < 4.78 is 5.33. The minimum Gasteiger partial charge on any atom is -0.368 e. The first kappa shape index (κ1) is 11.6. The molecule has 1 saturated heterocycles. The molecule has 0 aliphatic carbocycles. The van der Waals surface area contributed by atoms with Gasteiger partial charge in [-0.1, -0.05) is 24.3 Å². The molecule has 0 saturated carbocycles. The van der Waals surface area contributed by atoms with Crippen LogP contribution in [0.4, 0.5) is 0 Å². The van der Waals surface area contributed by atoms with E-state index in [9.17, 15) is 9.59 Å². The number of ether oxygens (including phenoxy) is 1. The molecule has 2 atom stereocenters. The van der Waals surface area contributed by atoms with Gasteiger partial charge in [-0.15, -0.1) is 0 Å². The molecule has 4 nitrogen and oxygen atoms in total. The summed E-state index contributed by atoms with van der Waals surface area (Å²) in [4.78, 5) is 26.4. The number of amides is 2. The molecule has 2 unspecified atom stereocenters. The molecule has 100 valence electrons. The zero-order chi connectivity index (χ0) is 13.9. The van der Waals surface area contributed by atoms with Crippen molar-refractivity contribution in [1.29, 1.82) is 0 Å². The lowest BCUT2D eigenvalue weighted by atomic mass is 9.94. The van der Waals surface area contributed by atoms with Crippen LogP contribution in [0.3, 0.4) is 0 Å². The molecule has 2 aliphatic rings. The van der Waals surface area contributed by atoms with Gasteiger partial charge in [0.25, 0.3) is 11.8 Å². The van der Waals surface area contributed by atoms with Crippen molar-refractivity contribution in [2.45, 2.75) is 19.1 Å². The van der Waals surface area contributed by atoms with E-state index in [0.717, 1.165) is 10.8 Å². The van der Waals surface area contributed by atoms with Gasteiger partial charge in [-0.3, -0.25) is 14.5 Å². The Bertz CT molecular complexity index is 702. The zero-order valence-corrected chi connectivity index (χ0v) is 11.0. The topological polar surface area (TPSA) is 49.9 Å². The number of hydrogen-bond acceptors (Lipinski definition) is 3. The number of carbonyl (C=O) groups is 2. The van der Waals surface area contributed by atoms with Crippen LogP contribution >= 0.6 is 0 Å². The molecule has 0 spiro atoms. The van der Waals surface area contributed by atoms with Crippen LogP contribution in [-0.2, 0) is 4.74 Å². The largest absolute Gasteiger partial charge is 0.368 e. The first-order valence-corrected chi connectivity index (χ1v) is 6.70. The number of epoxide rings is 1. The minimum absolute atomic E-state index is 0.0210. The van der Waals surface area contributed by atoms with Crippen molar-refractivity contribution in [3.63, 3.8) is 0 Å². The average Bonchev–Trinajstić information content (AvgIpc) is 3.16. The van der Waals surface area contributed by atoms with Gasteiger partial charge in [0.2, 0.25) is 0 Å². The smallest absolute Gasteiger partial charge is 0.261 e. The standard InChI is InChI=1S/C16H13NO3/c1-9-13(20-9)8-17-15(18)11-6-2-4-10-5-3-7-12(14(10)11)16(17)19/h2-7,9,13H,8H2,1H3. The zero-order valence-electron chi connectivity index (χ0n) is 11.0. The Morgan fingerprint density at radius 1 is 1.05 bits per heavy atom. The highest BCUT2D eigenvalue weighted by atomic mass is 16.6. The summed E-state index contributed by atoms with van der Waals surface area (Å²) in [5.41, 5.74) is 1.21. The number of imide groups is 1. The molecule has 2 amide bonds. The van der Waals surface area contributed by atoms with E-state index in [1.807, 2.05) is 31.2 Å². The van der Waals surface area contributed by atoms with Gasteiger partial charge in [-0.05, 0) is 24.4 Å². The first-order chi connectivity index (χ1) is 9.66. The molecule has 0 aromatic heterocycles. The number of benzene rings is 2. The van der Waals surface area contributed by atoms with E-state index < -0.39 is 0 Å². The maximum atomic E-state index is 12.5. The van der Waals surface area contributed by atoms with Crippen molar-refractivity contribution in [2.75, 3.05) is 6.54 Å². The molecule has 0 N–H and O–H groups in total. The van der Waals surface area contributed by atoms with Crippen LogP contribution in [0.1, 0.15) is 27.6 Å². The first-order valence-electron chi connectivity index (χ1n) is 6.70. The van der Waals surface area contributed by atoms with Crippen molar-refractivity contribution >= 4 is 22.6 Å². The molecule has 4 heteroatoms. The molecule has 0 radical (unpaired) electrons. The summed E-state index contributed by atoms with van der Waals surface area (Å²) in [5.74, 6) is -0.441. The van der Waals surface area contributed by atoms with E-state index in [4.69, 9.17) is 4.74 Å². The molecular formula is C16H13NO3. The van der Waals surface area contributed by atoms with Crippen molar-refractivity contribution in [3.05, 3.63) is 47.5 Å². The van der Waals surface area contributed by atoms with E-state index in [1.165, 1.54) is 4.90 Å². The van der Waals surface area contributed by atoms with Crippen LogP contribution in [0, 0.1) is 0 Å². The van der Waals surface area contributed by atoms with Crippen LogP contribution < -0.4 is 0 Å². The summed E-state index contributed by atoms with van der Waals surface area (Å²) in [6, 6.07) is 11.1. The number of nitrogens with zero attached hydrogens (tertiary/aromatic N) is 1. The van der Waals surface area contributed by atoms with Crippen molar-refractivity contribution in [2.24, 2.45) is 0 Å². The Morgan fingerprint density at radius 3 is 2.10 bits per heavy atom. The summed E-state index contributed by atoms with van der Waals surface area (Å²) in [7, 11) is 0. The van der Waals surface area contributed by atoms with Crippen LogP contribution in [0.25, 0.3) is 10.8 Å². The third-order valence-corrected chi connectivity index (χ3v) is 4.05. The lowest BCUT2D eigenvalue weighted by Crippen LogP contribution is -2.42. The van der Waals surface area contributed by atoms with E-state index in [1.54, 1.807) is 12.1 Å². The number of carbonyl (C=O) groups excluding carboxylic acids is 2. The molecule has 2 aromatic carbocycles. The normalized spacial score (nSPS) is 24.4. The Morgan fingerprint density at radius 2 is 1.60 bits per heavy atom. The number of hydrogen-bond donors (Lipinski definition) is 0. The van der Waals surface area contributed by atoms with Crippen molar-refractivity contribution in [1.82, 2.24) is 4.90 Å². The average molecular weight is 267 g/mol. The van der Waals surface area contributed by atoms with Gasteiger partial charge in [0.1, 0.15) is 6.10 Å². The molecule has 2 aromatic rings. The Balaban J connectivity index is 1.86. The van der Waals surface area contributed by atoms with Crippen LogP contribution in [0.2, 0.25) is 0 Å². The van der Waals surface area contributed by atoms with Crippen LogP contribution in [0.5, 0.6) is 0 Å². The van der Waals surface area contributed by atoms with Gasteiger partial charge >= 0.3 is 0 Å². The van der Waals surface area contributed by atoms with Gasteiger partial charge in [0.15, 0.2) is 0 Å². The van der Waals surface area contributed by atoms with Crippen LogP contribution in [0.15, 0.2) is 36.4 Å². The second-order valence-corrected chi connectivity index (χ2v) is 5.31. The van der Waals surface area contributed by atoms with E-state index >= 15 is 0 Å². The predicted octanol–water partition coefficient (Wildman–Crippen LogP) is 2.22. The highest BCUT2D eigenvalue weighted by Crippen LogP contribution is 2.31. The quantitative estimate of drug-likeness (QED) is 0.619. The Kier molecular flexibility index (Phi) is 2.26. The fourth-order valence-corrected chi connectivity index (χ4v) is 2.85. The van der Waals surface area contributed by atoms with Gasteiger partial charge < -0.3 is 4.74 Å². The summed E-state index contributed by atoms with van der Waals surface area (Å²) >= 11 is 0. The second kappa shape index (κ2) is 3.90. The van der Waals surface area contributed by atoms with Gasteiger partial charge in [-0.25, -0.2) is 0 Å². The molecule has 4 rings (SSSR count). The molecule has 1 fully saturated rings. The molecular weight excluding hydrogens is 254 g/mol. The highest BCUT2D eigenvalue weighted by molar-refractivity contribution is 6.25. The van der Waals surface area contributed by atoms with Crippen LogP contribution in [-0.4, -0.2) is 35.5 Å². The molecule has 2 aliphatic heterocycles. The molecule has 2 heterocycles. The minimum atomic E-state index is -0.220. The van der Waals surface area contributed by atoms with E-state index in [0.29, 0.717) is 17.7 Å². The third kappa shape index (κ3) is 1.51. The fraction of sp³-hybridized carbons (Fsp3) is 0.250. The summed E-state index contributed by atoms with van der Waals surface area (Å²) in [6.07, 6.45) is 0.107. The highest BCUT2D eigenvalue weighted by Gasteiger charge is 2.41. The second-order valence-electron chi connectivity index (χ2n) is 5.31. The lowest BCUT2D eigenvalue weighted by Gasteiger charge is -2.26. The summed E-state index contributed by atoms with van der Waals surface area (Å²) in [5, 5.41) is 1.70. The maximum absolute atomic E-state index is 12.5.